The van der Waals surface area contributed by atoms with Crippen LogP contribution in [0.15, 0.2) is 53.4 Å². The molecule has 20 heavy (non-hydrogen) atoms. The first-order valence-electron chi connectivity index (χ1n) is 6.16. The summed E-state index contributed by atoms with van der Waals surface area (Å²) in [7, 11) is -1.44. The third-order valence-corrected chi connectivity index (χ3v) is 4.23. The van der Waals surface area contributed by atoms with Crippen LogP contribution >= 0.6 is 0 Å². The van der Waals surface area contributed by atoms with Gasteiger partial charge in [-0.2, -0.15) is 0 Å². The fraction of sp³-hybridized carbons (Fsp3) is 0.133. The Labute approximate surface area is 120 Å². The Balaban J connectivity index is 2.04. The molecule has 0 aliphatic heterocycles. The van der Waals surface area contributed by atoms with E-state index in [2.05, 4.69) is 5.32 Å². The quantitative estimate of drug-likeness (QED) is 0.848. The van der Waals surface area contributed by atoms with E-state index in [-0.39, 0.29) is 11.7 Å². The van der Waals surface area contributed by atoms with E-state index in [1.165, 1.54) is 0 Å². The summed E-state index contributed by atoms with van der Waals surface area (Å²) in [5, 5.41) is 2.76. The number of nitrogens with one attached hydrogen (secondary N) is 1. The number of hydrogen-bond acceptors (Lipinski definition) is 3. The number of carbonyl (C=O) groups excluding carboxylic acids is 1. The third kappa shape index (κ3) is 3.45. The van der Waals surface area contributed by atoms with Gasteiger partial charge in [0.05, 0.1) is 15.7 Å². The lowest BCUT2D eigenvalue weighted by Gasteiger charge is -2.08. The second kappa shape index (κ2) is 6.34. The highest BCUT2D eigenvalue weighted by molar-refractivity contribution is 7.86. The topological polar surface area (TPSA) is 72.2 Å². The maximum atomic E-state index is 12.1. The molecule has 3 N–H and O–H groups in total. The maximum absolute atomic E-state index is 12.1. The van der Waals surface area contributed by atoms with E-state index in [4.69, 9.17) is 5.73 Å². The molecule has 0 saturated heterocycles. The Kier molecular flexibility index (Phi) is 4.53. The average Bonchev–Trinajstić information content (AvgIpc) is 2.41. The van der Waals surface area contributed by atoms with Crippen LogP contribution in [0.3, 0.4) is 0 Å². The smallest absolute Gasteiger partial charge is 0.237 e. The molecule has 0 aromatic heterocycles. The summed E-state index contributed by atoms with van der Waals surface area (Å²) in [6, 6.07) is 14.3. The lowest BCUT2D eigenvalue weighted by Crippen LogP contribution is -2.20. The molecule has 0 fully saturated rings. The van der Waals surface area contributed by atoms with Crippen LogP contribution in [-0.4, -0.2) is 15.9 Å². The first-order valence-corrected chi connectivity index (χ1v) is 7.48. The molecule has 0 spiro atoms. The zero-order chi connectivity index (χ0) is 14.5. The Morgan fingerprint density at radius 1 is 1.15 bits per heavy atom. The number of aryl methyl sites for hydroxylation is 1. The fourth-order valence-electron chi connectivity index (χ4n) is 1.78. The van der Waals surface area contributed by atoms with Gasteiger partial charge < -0.3 is 11.1 Å². The summed E-state index contributed by atoms with van der Waals surface area (Å²) in [6.45, 7) is 1.90. The van der Waals surface area contributed by atoms with Crippen molar-refractivity contribution in [1.29, 1.82) is 0 Å². The van der Waals surface area contributed by atoms with Gasteiger partial charge in [0.1, 0.15) is 5.75 Å². The maximum Gasteiger partial charge on any atom is 0.237 e. The molecule has 104 valence electrons. The highest BCUT2D eigenvalue weighted by Gasteiger charge is 2.13. The predicted molar refractivity (Wildman–Crippen MR) is 81.9 cm³/mol. The van der Waals surface area contributed by atoms with Gasteiger partial charge in [0.2, 0.25) is 5.91 Å². The van der Waals surface area contributed by atoms with Gasteiger partial charge in [0.25, 0.3) is 0 Å². The first-order chi connectivity index (χ1) is 9.58. The fourth-order valence-corrected chi connectivity index (χ4v) is 2.81. The van der Waals surface area contributed by atoms with Gasteiger partial charge in [-0.15, -0.1) is 0 Å². The normalized spacial score (nSPS) is 11.8. The van der Waals surface area contributed by atoms with Crippen LogP contribution in [0, 0.1) is 6.92 Å². The number of amides is 1. The lowest BCUT2D eigenvalue weighted by molar-refractivity contribution is -0.113. The van der Waals surface area contributed by atoms with E-state index in [1.807, 2.05) is 31.2 Å². The Morgan fingerprint density at radius 2 is 1.80 bits per heavy atom. The number of nitrogens with two attached hydrogens (primary N) is 1. The molecule has 5 heteroatoms. The minimum atomic E-state index is -1.44. The van der Waals surface area contributed by atoms with Crippen molar-refractivity contribution in [3.63, 3.8) is 0 Å². The second-order valence-electron chi connectivity index (χ2n) is 4.39. The standard InChI is InChI=1S/C15H16N2O2S/c1-11-6-2-4-8-13(11)17-15(18)10-20(19)14-9-5-3-7-12(14)16/h2-9H,10,16H2,1H3,(H,17,18). The van der Waals surface area contributed by atoms with Crippen molar-refractivity contribution in [2.24, 2.45) is 0 Å². The van der Waals surface area contributed by atoms with Crippen molar-refractivity contribution in [3.8, 4) is 0 Å². The molecule has 1 amide bonds. The van der Waals surface area contributed by atoms with Gasteiger partial charge in [0, 0.05) is 11.4 Å². The van der Waals surface area contributed by atoms with Crippen molar-refractivity contribution in [3.05, 3.63) is 54.1 Å². The van der Waals surface area contributed by atoms with Gasteiger partial charge >= 0.3 is 0 Å². The van der Waals surface area contributed by atoms with Crippen LogP contribution in [-0.2, 0) is 15.6 Å². The van der Waals surface area contributed by atoms with E-state index < -0.39 is 10.8 Å². The van der Waals surface area contributed by atoms with Crippen LogP contribution in [0.2, 0.25) is 0 Å². The van der Waals surface area contributed by atoms with Crippen molar-refractivity contribution in [2.45, 2.75) is 11.8 Å². The molecule has 2 rings (SSSR count). The second-order valence-corrected chi connectivity index (χ2v) is 5.81. The lowest BCUT2D eigenvalue weighted by atomic mass is 10.2. The number of carbonyl (C=O) groups is 1. The molecule has 0 aliphatic rings. The van der Waals surface area contributed by atoms with Crippen LogP contribution in [0.1, 0.15) is 5.56 Å². The van der Waals surface area contributed by atoms with Crippen molar-refractivity contribution < 1.29 is 9.00 Å². The van der Waals surface area contributed by atoms with Gasteiger partial charge in [0.15, 0.2) is 0 Å². The van der Waals surface area contributed by atoms with E-state index in [9.17, 15) is 9.00 Å². The molecule has 1 unspecified atom stereocenters. The molecule has 2 aromatic rings. The number of rotatable bonds is 4. The molecular weight excluding hydrogens is 272 g/mol. The van der Waals surface area contributed by atoms with Crippen LogP contribution in [0.4, 0.5) is 11.4 Å². The Morgan fingerprint density at radius 3 is 2.50 bits per heavy atom. The van der Waals surface area contributed by atoms with E-state index in [0.717, 1.165) is 11.3 Å². The van der Waals surface area contributed by atoms with E-state index >= 15 is 0 Å². The number of para-hydroxylation sites is 2. The number of anilines is 2. The minimum Gasteiger partial charge on any atom is -0.398 e. The third-order valence-electron chi connectivity index (χ3n) is 2.85. The summed E-state index contributed by atoms with van der Waals surface area (Å²) in [5.41, 5.74) is 7.88. The monoisotopic (exact) mass is 288 g/mol. The molecule has 0 heterocycles. The van der Waals surface area contributed by atoms with Gasteiger partial charge in [-0.1, -0.05) is 30.3 Å². The minimum absolute atomic E-state index is 0.109. The molecule has 0 saturated carbocycles. The molecular formula is C15H16N2O2S. The molecule has 2 aromatic carbocycles. The van der Waals surface area contributed by atoms with Crippen molar-refractivity contribution in [1.82, 2.24) is 0 Å². The molecule has 4 nitrogen and oxygen atoms in total. The summed E-state index contributed by atoms with van der Waals surface area (Å²) < 4.78 is 12.1. The Hall–Kier alpha value is -2.14. The molecule has 0 radical (unpaired) electrons. The predicted octanol–water partition coefficient (Wildman–Crippen LogP) is 2.32. The molecule has 0 bridgehead atoms. The van der Waals surface area contributed by atoms with Crippen LogP contribution < -0.4 is 11.1 Å². The molecule has 0 aliphatic carbocycles. The summed E-state index contributed by atoms with van der Waals surface area (Å²) in [6.07, 6.45) is 0. The largest absolute Gasteiger partial charge is 0.398 e. The number of hydrogen-bond donors (Lipinski definition) is 2. The summed E-state index contributed by atoms with van der Waals surface area (Å²) in [5.74, 6) is -0.399. The van der Waals surface area contributed by atoms with Crippen LogP contribution in [0.25, 0.3) is 0 Å². The Bertz CT molecular complexity index is 656. The van der Waals surface area contributed by atoms with Crippen LogP contribution in [0.5, 0.6) is 0 Å². The summed E-state index contributed by atoms with van der Waals surface area (Å²) in [4.78, 5) is 12.4. The first kappa shape index (κ1) is 14.3. The van der Waals surface area contributed by atoms with E-state index in [0.29, 0.717) is 10.6 Å². The number of benzene rings is 2. The molecule has 1 atom stereocenters. The zero-order valence-corrected chi connectivity index (χ0v) is 11.9. The zero-order valence-electron chi connectivity index (χ0n) is 11.1. The number of nitrogen functional groups attached to an aromatic ring is 1. The summed E-state index contributed by atoms with van der Waals surface area (Å²) >= 11 is 0. The van der Waals surface area contributed by atoms with E-state index in [1.54, 1.807) is 24.3 Å². The van der Waals surface area contributed by atoms with Gasteiger partial charge in [-0.25, -0.2) is 0 Å². The van der Waals surface area contributed by atoms with Crippen molar-refractivity contribution in [2.75, 3.05) is 16.8 Å². The van der Waals surface area contributed by atoms with Gasteiger partial charge in [-0.05, 0) is 30.7 Å². The van der Waals surface area contributed by atoms with Crippen molar-refractivity contribution >= 4 is 28.1 Å². The SMILES string of the molecule is Cc1ccccc1NC(=O)CS(=O)c1ccccc1N. The van der Waals surface area contributed by atoms with Gasteiger partial charge in [-0.3, -0.25) is 9.00 Å². The average molecular weight is 288 g/mol. The highest BCUT2D eigenvalue weighted by Crippen LogP contribution is 2.17. The highest BCUT2D eigenvalue weighted by atomic mass is 32.2.